The molecule has 28 heavy (non-hydrogen) atoms. The third kappa shape index (κ3) is 3.59. The molecule has 1 aliphatic heterocycles. The molecule has 2 fully saturated rings. The van der Waals surface area contributed by atoms with Crippen LogP contribution in [0.5, 0.6) is 0 Å². The fraction of sp³-hybridized carbons (Fsp3) is 0.520. The Labute approximate surface area is 168 Å². The minimum atomic E-state index is 0.0853. The molecule has 3 heteroatoms. The van der Waals surface area contributed by atoms with E-state index >= 15 is 0 Å². The van der Waals surface area contributed by atoms with Gasteiger partial charge in [0.2, 0.25) is 5.90 Å². The van der Waals surface area contributed by atoms with Crippen molar-refractivity contribution in [3.8, 4) is 0 Å². The van der Waals surface area contributed by atoms with Crippen molar-refractivity contribution in [1.29, 1.82) is 0 Å². The summed E-state index contributed by atoms with van der Waals surface area (Å²) in [6.07, 6.45) is 11.1. The second-order valence-electron chi connectivity index (χ2n) is 8.73. The molecule has 0 amide bonds. The molecule has 0 bridgehead atoms. The normalized spacial score (nSPS) is 23.3. The number of aliphatic imine (C=N–C) groups is 1. The van der Waals surface area contributed by atoms with Crippen molar-refractivity contribution in [3.63, 3.8) is 0 Å². The lowest BCUT2D eigenvalue weighted by atomic mass is 9.77. The van der Waals surface area contributed by atoms with Gasteiger partial charge >= 0.3 is 0 Å². The summed E-state index contributed by atoms with van der Waals surface area (Å²) in [5.41, 5.74) is 3.41. The predicted molar refractivity (Wildman–Crippen MR) is 113 cm³/mol. The zero-order valence-corrected chi connectivity index (χ0v) is 16.6. The third-order valence-corrected chi connectivity index (χ3v) is 6.98. The highest BCUT2D eigenvalue weighted by molar-refractivity contribution is 5.93. The van der Waals surface area contributed by atoms with Crippen molar-refractivity contribution >= 4 is 5.90 Å². The van der Waals surface area contributed by atoms with Gasteiger partial charge in [0.05, 0.1) is 0 Å². The van der Waals surface area contributed by atoms with E-state index < -0.39 is 0 Å². The molecule has 3 nitrogen and oxygen atoms in total. The van der Waals surface area contributed by atoms with Crippen LogP contribution in [-0.2, 0) is 4.74 Å². The zero-order chi connectivity index (χ0) is 18.8. The van der Waals surface area contributed by atoms with Gasteiger partial charge in [-0.3, -0.25) is 0 Å². The van der Waals surface area contributed by atoms with E-state index in [0.717, 1.165) is 17.5 Å². The molecule has 0 radical (unpaired) electrons. The Balaban J connectivity index is 1.42. The molecule has 3 aliphatic rings. The van der Waals surface area contributed by atoms with E-state index in [9.17, 15) is 0 Å². The predicted octanol–water partition coefficient (Wildman–Crippen LogP) is 6.06. The maximum atomic E-state index is 5.98. The molecule has 0 saturated heterocycles. The molecule has 2 saturated carbocycles. The highest BCUT2D eigenvalue weighted by atomic mass is 16.5. The number of aromatic nitrogens is 1. The molecular weight excluding hydrogens is 344 g/mol. The van der Waals surface area contributed by atoms with E-state index in [4.69, 9.17) is 14.7 Å². The molecular formula is C25H30N2O. The number of nitrogens with zero attached hydrogens (tertiary/aromatic N) is 2. The summed E-state index contributed by atoms with van der Waals surface area (Å²) in [6, 6.07) is 17.0. The standard InChI is InChI=1S/C25H30N2O/c1-2-9-18(10-3-1)23-17-28-25(27-23)22-16-8-15-21(26-22)24(19-11-4-5-12-19)20-13-6-7-14-20/h1-3,8-10,15-16,19-20,23-24H,4-7,11-14,17H2. The van der Waals surface area contributed by atoms with Crippen LogP contribution in [0.3, 0.4) is 0 Å². The largest absolute Gasteiger partial charge is 0.474 e. The van der Waals surface area contributed by atoms with Gasteiger partial charge in [0.1, 0.15) is 18.3 Å². The quantitative estimate of drug-likeness (QED) is 0.637. The van der Waals surface area contributed by atoms with Gasteiger partial charge in [-0.05, 0) is 55.2 Å². The van der Waals surface area contributed by atoms with Crippen molar-refractivity contribution in [2.75, 3.05) is 6.61 Å². The monoisotopic (exact) mass is 374 g/mol. The van der Waals surface area contributed by atoms with E-state index in [2.05, 4.69) is 42.5 Å². The molecule has 5 rings (SSSR count). The molecule has 1 aromatic heterocycles. The molecule has 0 spiro atoms. The molecule has 2 heterocycles. The first kappa shape index (κ1) is 17.9. The summed E-state index contributed by atoms with van der Waals surface area (Å²) >= 11 is 0. The molecule has 1 atom stereocenters. The minimum Gasteiger partial charge on any atom is -0.474 e. The summed E-state index contributed by atoms with van der Waals surface area (Å²) in [5.74, 6) is 2.97. The summed E-state index contributed by atoms with van der Waals surface area (Å²) in [4.78, 5) is 9.97. The van der Waals surface area contributed by atoms with Crippen LogP contribution in [0.2, 0.25) is 0 Å². The van der Waals surface area contributed by atoms with Gasteiger partial charge in [0, 0.05) is 11.6 Å². The van der Waals surface area contributed by atoms with Crippen LogP contribution in [0.15, 0.2) is 53.5 Å². The van der Waals surface area contributed by atoms with Crippen molar-refractivity contribution in [3.05, 3.63) is 65.5 Å². The zero-order valence-electron chi connectivity index (χ0n) is 16.6. The van der Waals surface area contributed by atoms with Gasteiger partial charge < -0.3 is 4.74 Å². The summed E-state index contributed by atoms with van der Waals surface area (Å²) in [6.45, 7) is 0.611. The van der Waals surface area contributed by atoms with Crippen LogP contribution in [0, 0.1) is 11.8 Å². The summed E-state index contributed by atoms with van der Waals surface area (Å²) < 4.78 is 5.98. The lowest BCUT2D eigenvalue weighted by Crippen LogP contribution is -2.20. The number of pyridine rings is 1. The molecule has 2 aliphatic carbocycles. The Bertz CT molecular complexity index is 803. The summed E-state index contributed by atoms with van der Waals surface area (Å²) in [7, 11) is 0. The minimum absolute atomic E-state index is 0.0853. The Hall–Kier alpha value is -2.16. The van der Waals surface area contributed by atoms with Crippen LogP contribution < -0.4 is 0 Å². The fourth-order valence-electron chi connectivity index (χ4n) is 5.62. The fourth-order valence-corrected chi connectivity index (χ4v) is 5.62. The Morgan fingerprint density at radius 2 is 1.46 bits per heavy atom. The number of ether oxygens (including phenoxy) is 1. The van der Waals surface area contributed by atoms with E-state index in [1.54, 1.807) is 0 Å². The highest BCUT2D eigenvalue weighted by Gasteiger charge is 2.35. The van der Waals surface area contributed by atoms with Gasteiger partial charge in [-0.2, -0.15) is 0 Å². The average molecular weight is 375 g/mol. The highest BCUT2D eigenvalue weighted by Crippen LogP contribution is 2.46. The number of rotatable bonds is 5. The first-order valence-corrected chi connectivity index (χ1v) is 11.1. The Morgan fingerprint density at radius 3 is 2.14 bits per heavy atom. The number of hydrogen-bond acceptors (Lipinski definition) is 3. The van der Waals surface area contributed by atoms with E-state index in [1.807, 2.05) is 6.07 Å². The molecule has 146 valence electrons. The van der Waals surface area contributed by atoms with Gasteiger partial charge in [0.25, 0.3) is 0 Å². The number of benzene rings is 1. The second-order valence-corrected chi connectivity index (χ2v) is 8.73. The lowest BCUT2D eigenvalue weighted by molar-refractivity contribution is 0.307. The topological polar surface area (TPSA) is 34.5 Å². The summed E-state index contributed by atoms with van der Waals surface area (Å²) in [5, 5.41) is 0. The maximum Gasteiger partial charge on any atom is 0.236 e. The van der Waals surface area contributed by atoms with Crippen LogP contribution in [0.4, 0.5) is 0 Å². The molecule has 1 unspecified atom stereocenters. The number of hydrogen-bond donors (Lipinski definition) is 0. The molecule has 2 aromatic rings. The van der Waals surface area contributed by atoms with Gasteiger partial charge in [-0.25, -0.2) is 9.98 Å². The van der Waals surface area contributed by atoms with Gasteiger partial charge in [0.15, 0.2) is 0 Å². The molecule has 1 aromatic carbocycles. The Morgan fingerprint density at radius 1 is 0.786 bits per heavy atom. The SMILES string of the molecule is c1ccc(C2COC(c3cccc(C(C4CCCC4)C4CCCC4)n3)=N2)cc1. The van der Waals surface area contributed by atoms with Crippen molar-refractivity contribution in [2.45, 2.75) is 63.3 Å². The van der Waals surface area contributed by atoms with Crippen LogP contribution >= 0.6 is 0 Å². The van der Waals surface area contributed by atoms with Crippen LogP contribution in [-0.4, -0.2) is 17.5 Å². The second kappa shape index (κ2) is 8.06. The van der Waals surface area contributed by atoms with E-state index in [-0.39, 0.29) is 6.04 Å². The van der Waals surface area contributed by atoms with Crippen LogP contribution in [0.1, 0.15) is 80.3 Å². The first-order valence-electron chi connectivity index (χ1n) is 11.1. The van der Waals surface area contributed by atoms with E-state index in [1.165, 1.54) is 62.6 Å². The first-order chi connectivity index (χ1) is 13.9. The smallest absolute Gasteiger partial charge is 0.236 e. The Kier molecular flexibility index (Phi) is 5.16. The lowest BCUT2D eigenvalue weighted by Gasteiger charge is -2.29. The van der Waals surface area contributed by atoms with Crippen molar-refractivity contribution in [2.24, 2.45) is 16.8 Å². The third-order valence-electron chi connectivity index (χ3n) is 6.98. The van der Waals surface area contributed by atoms with Crippen molar-refractivity contribution < 1.29 is 4.74 Å². The van der Waals surface area contributed by atoms with Gasteiger partial charge in [-0.1, -0.05) is 62.1 Å². The maximum absolute atomic E-state index is 5.98. The van der Waals surface area contributed by atoms with Crippen molar-refractivity contribution in [1.82, 2.24) is 4.98 Å². The van der Waals surface area contributed by atoms with E-state index in [0.29, 0.717) is 18.4 Å². The van der Waals surface area contributed by atoms with Crippen LogP contribution in [0.25, 0.3) is 0 Å². The molecule has 0 N–H and O–H groups in total. The van der Waals surface area contributed by atoms with Gasteiger partial charge in [-0.15, -0.1) is 0 Å². The average Bonchev–Trinajstić information content (AvgIpc) is 3.52.